The number of fused-ring (bicyclic) bond motifs is 3. The number of piperidine rings is 6. The third-order valence-electron chi connectivity index (χ3n) is 28.8. The van der Waals surface area contributed by atoms with E-state index in [0.717, 1.165) is 103 Å². The molecule has 3 amide bonds. The molecule has 16 aliphatic rings. The van der Waals surface area contributed by atoms with E-state index in [1.807, 2.05) is 125 Å². The molecule has 30 nitrogen and oxygen atoms in total. The maximum absolute atomic E-state index is 13.0. The normalized spacial score (nSPS) is 36.3. The Morgan fingerprint density at radius 3 is 1.05 bits per heavy atom. The highest BCUT2D eigenvalue weighted by Crippen LogP contribution is 2.60. The van der Waals surface area contributed by atoms with Crippen LogP contribution < -0.4 is 16.0 Å². The number of nitrogens with one attached hydrogen (secondary N) is 3. The smallest absolute Gasteiger partial charge is 0.410 e. The first-order chi connectivity index (χ1) is 61.1. The van der Waals surface area contributed by atoms with Gasteiger partial charge >= 0.3 is 18.3 Å². The number of ether oxygens (including phenoxy) is 13. The van der Waals surface area contributed by atoms with Gasteiger partial charge in [-0.3, -0.25) is 19.5 Å². The minimum absolute atomic E-state index is 0.0133. The molecular formula is C98H149F3N6O24. The van der Waals surface area contributed by atoms with Crippen LogP contribution >= 0.6 is 0 Å². The molecule has 16 fully saturated rings. The summed E-state index contributed by atoms with van der Waals surface area (Å²) in [5.41, 5.74) is -5.73. The largest absolute Gasteiger partial charge is 0.444 e. The first-order valence-corrected chi connectivity index (χ1v) is 46.6. The molecule has 10 N–H and O–H groups in total. The molecule has 0 bridgehead atoms. The van der Waals surface area contributed by atoms with Gasteiger partial charge in [0.2, 0.25) is 0 Å². The second-order valence-electron chi connectivity index (χ2n) is 42.4. The van der Waals surface area contributed by atoms with Crippen molar-refractivity contribution in [3.05, 3.63) is 0 Å². The van der Waals surface area contributed by atoms with Crippen molar-refractivity contribution in [2.24, 2.45) is 35.5 Å². The van der Waals surface area contributed by atoms with E-state index in [1.54, 1.807) is 41.9 Å². The minimum Gasteiger partial charge on any atom is -0.444 e. The Balaban J connectivity index is 0.000000165. The van der Waals surface area contributed by atoms with E-state index in [4.69, 9.17) is 68.0 Å². The summed E-state index contributed by atoms with van der Waals surface area (Å²) in [5, 5.41) is 76.6. The topological polar surface area (TPSA) is 376 Å². The number of halogens is 3. The standard InChI is InChI=1S/C21H33NO6.C21H31NO6.C20H31NO5.C12H19NO2.C10H13F2NO2.C10H14FNO2.C4H8O/c2*1-18(2,3)28-17(24)22-13-15-16(14(9-8-12-23)21(22)10-11-21)27-20(6,25-7)19(4,5)26-15;1-9-13-15-14(24-18(5,6)19(7,23-8)25-15)12-21(20(13)10-11-20)16(22)26-17(2,3)4;1-2-3-4-5-9-11(15)10(14)8-13-12(9)6-7-12;11-8(12)2-1-6-9(15)7(14)5-13-10(6)3-4-10;11-5-1-2-7-9(14)8(13)6-12-10(7)3-4-10;1-2-4-5-3-1/h14-16,23H,10-13H2,1-7H3;12,14-16H,10-11,13H2,1-7H3;1,13-15H,10-12H2,2-8H3;9-11,13-15H,2-3,6-8H2,1H3;6-9,13-15H,3-5H2;7-9,12-14H,3-6H2;1-4H2/t2*14-,15-,16-,20+;13-,14-,15-,19+;9-,10-,11-;6-,7-,9-;7-,8-,9-;/m111111./s1. The molecule has 33 heteroatoms. The number of aliphatic hydroxyl groups is 7. The number of methoxy groups -OCH3 is 3. The van der Waals surface area contributed by atoms with Crippen molar-refractivity contribution >= 4 is 24.6 Å². The summed E-state index contributed by atoms with van der Waals surface area (Å²) in [6.45, 7) is 39.2. The predicted molar refractivity (Wildman–Crippen MR) is 477 cm³/mol. The molecule has 10 aliphatic heterocycles. The van der Waals surface area contributed by atoms with Crippen LogP contribution in [0.1, 0.15) is 234 Å². The molecule has 0 aromatic heterocycles. The minimum atomic E-state index is -2.69. The predicted octanol–water partition coefficient (Wildman–Crippen LogP) is 7.99. The third kappa shape index (κ3) is 23.8. The van der Waals surface area contributed by atoms with E-state index >= 15 is 0 Å². The number of terminal acetylenes is 1. The van der Waals surface area contributed by atoms with Crippen LogP contribution in [0.2, 0.25) is 0 Å². The number of aliphatic hydroxyl groups excluding tert-OH is 7. The Morgan fingerprint density at radius 2 is 0.786 bits per heavy atom. The van der Waals surface area contributed by atoms with Crippen LogP contribution in [0.25, 0.3) is 0 Å². The van der Waals surface area contributed by atoms with E-state index in [1.165, 1.54) is 12.8 Å². The van der Waals surface area contributed by atoms with Gasteiger partial charge in [0.15, 0.2) is 23.6 Å². The lowest BCUT2D eigenvalue weighted by Crippen LogP contribution is -2.71. The van der Waals surface area contributed by atoms with Crippen LogP contribution in [0.3, 0.4) is 0 Å². The zero-order chi connectivity index (χ0) is 97.1. The third-order valence-corrected chi connectivity index (χ3v) is 28.8. The van der Waals surface area contributed by atoms with Gasteiger partial charge in [0.25, 0.3) is 6.43 Å². The lowest BCUT2D eigenvalue weighted by Gasteiger charge is -2.57. The Kier molecular flexibility index (Phi) is 33.6. The van der Waals surface area contributed by atoms with Gasteiger partial charge in [-0.1, -0.05) is 54.3 Å². The number of unbranched alkanes of at least 4 members (excludes halogenated alkanes) is 1. The molecular weight excluding hydrogens is 1700 g/mol. The Bertz CT molecular complexity index is 4320. The van der Waals surface area contributed by atoms with E-state index in [0.29, 0.717) is 45.6 Å². The summed E-state index contributed by atoms with van der Waals surface area (Å²) >= 11 is 0. The van der Waals surface area contributed by atoms with Crippen molar-refractivity contribution in [1.82, 2.24) is 30.7 Å². The van der Waals surface area contributed by atoms with E-state index in [2.05, 4.69) is 82.1 Å². The molecule has 10 heterocycles. The highest BCUT2D eigenvalue weighted by molar-refractivity contribution is 5.74. The Hall–Kier alpha value is -6.17. The van der Waals surface area contributed by atoms with Crippen LogP contribution in [0.4, 0.5) is 27.6 Å². The highest BCUT2D eigenvalue weighted by Gasteiger charge is 2.72. The number of rotatable bonds is 4. The summed E-state index contributed by atoms with van der Waals surface area (Å²) in [6.07, 6.45) is 10.6. The Labute approximate surface area is 773 Å². The summed E-state index contributed by atoms with van der Waals surface area (Å²) < 4.78 is 113. The maximum Gasteiger partial charge on any atom is 0.410 e. The second-order valence-corrected chi connectivity index (χ2v) is 42.4. The lowest BCUT2D eigenvalue weighted by molar-refractivity contribution is -0.394. The van der Waals surface area contributed by atoms with Crippen LogP contribution in [-0.4, -0.2) is 326 Å². The summed E-state index contributed by atoms with van der Waals surface area (Å²) in [4.78, 5) is 55.1. The van der Waals surface area contributed by atoms with Crippen LogP contribution in [-0.2, 0) is 66.4 Å². The summed E-state index contributed by atoms with van der Waals surface area (Å²) in [5.74, 6) is 25.0. The molecule has 0 unspecified atom stereocenters. The number of aldehydes is 1. The van der Waals surface area contributed by atoms with Crippen molar-refractivity contribution in [3.63, 3.8) is 0 Å². The van der Waals surface area contributed by atoms with Gasteiger partial charge in [0.05, 0.1) is 108 Å². The maximum atomic E-state index is 13.0. The van der Waals surface area contributed by atoms with Gasteiger partial charge in [-0.15, -0.1) is 12.3 Å². The number of carbonyl (C=O) groups excluding carboxylic acids is 4. The van der Waals surface area contributed by atoms with E-state index < -0.39 is 135 Å². The van der Waals surface area contributed by atoms with Crippen molar-refractivity contribution in [1.29, 1.82) is 0 Å². The van der Waals surface area contributed by atoms with Gasteiger partial charge in [-0.05, 0) is 233 Å². The van der Waals surface area contributed by atoms with E-state index in [-0.39, 0.29) is 95.5 Å². The molecule has 0 radical (unpaired) electrons. The molecule has 0 aromatic carbocycles. The van der Waals surface area contributed by atoms with Gasteiger partial charge < -0.3 is 113 Å². The fourth-order valence-corrected chi connectivity index (χ4v) is 19.5. The molecule has 736 valence electrons. The number of likely N-dealkylation sites (tertiary alicyclic amines) is 3. The molecule has 6 saturated carbocycles. The van der Waals surface area contributed by atoms with Crippen LogP contribution in [0.5, 0.6) is 0 Å². The number of nitrogens with zero attached hydrogens (tertiary/aromatic N) is 3. The van der Waals surface area contributed by atoms with E-state index in [9.17, 15) is 68.1 Å². The number of hydrogen-bond donors (Lipinski definition) is 10. The van der Waals surface area contributed by atoms with Gasteiger partial charge in [0.1, 0.15) is 83.5 Å². The van der Waals surface area contributed by atoms with Crippen molar-refractivity contribution in [2.45, 2.75) is 398 Å². The first-order valence-electron chi connectivity index (χ1n) is 46.6. The molecule has 6 aliphatic carbocycles. The molecule has 6 spiro atoms. The van der Waals surface area contributed by atoms with Crippen LogP contribution in [0.15, 0.2) is 0 Å². The summed E-state index contributed by atoms with van der Waals surface area (Å²) in [7, 11) is 4.79. The highest BCUT2D eigenvalue weighted by atomic mass is 19.3. The zero-order valence-electron chi connectivity index (χ0n) is 81.1. The van der Waals surface area contributed by atoms with Crippen molar-refractivity contribution < 1.29 is 130 Å². The number of alkyl halides is 3. The number of β-amino-alcohol motifs (C(OH)–C–C–N with tert-alkyl or cyclic N) is 3. The van der Waals surface area contributed by atoms with Gasteiger partial charge in [-0.25, -0.2) is 18.8 Å². The average molecular weight is 1850 g/mol. The fourth-order valence-electron chi connectivity index (χ4n) is 19.5. The van der Waals surface area contributed by atoms with Gasteiger partial charge in [-0.2, -0.15) is 8.78 Å². The number of amides is 3. The molecule has 0 aromatic rings. The molecule has 131 heavy (non-hydrogen) atoms. The molecule has 16 rings (SSSR count). The summed E-state index contributed by atoms with van der Waals surface area (Å²) in [6, 6.07) is 0. The molecule has 10 saturated heterocycles. The van der Waals surface area contributed by atoms with Crippen LogP contribution in [0, 0.1) is 107 Å². The van der Waals surface area contributed by atoms with Crippen molar-refractivity contribution in [2.75, 3.05) is 87.1 Å². The zero-order valence-corrected chi connectivity index (χ0v) is 81.1. The fraction of sp³-hybridized carbons (Fsp3) is 0.837. The quantitative estimate of drug-likeness (QED) is 0.0724. The van der Waals surface area contributed by atoms with Crippen molar-refractivity contribution in [3.8, 4) is 71.5 Å². The number of hydrogen-bond acceptors (Lipinski definition) is 27. The SMILES string of the molecule is C#C[C@@H]1[C@H]2O[C@](C)(OC)C(C)(C)O[C@@H]2CN(C(=O)OC(C)(C)C)C12CC2.C1CCOC1.CCCC#C[C@@H]1[C@@H](O)[C@H](O)CNC12CC2.CO[C@@]1(C)O[C@@H]2[C@@H](C#CC=O)C3(CC3)N(C(=O)OC(C)(C)C)C[C@H]2OC1(C)C.CO[C@@]1(C)O[C@@H]2[C@@H](C#CCO)C3(CC3)N(C(=O)OC(C)(C)C)C[C@H]2OC1(C)C.O[C@H]1[C@H](O)CNC2(CC2)[C@@H]1C#CC(F)F.O[C@H]1[C@H](O)CNC2(CC2)[C@@H]1C#CCF. The monoisotopic (exact) mass is 1850 g/mol. The Morgan fingerprint density at radius 1 is 0.473 bits per heavy atom. The molecule has 21 atom stereocenters. The van der Waals surface area contributed by atoms with Gasteiger partial charge in [0, 0.05) is 77.2 Å². The lowest BCUT2D eigenvalue weighted by atomic mass is 9.80. The number of carbonyl (C=O) groups is 4. The first kappa shape index (κ1) is 107. The average Bonchev–Trinajstić information content (AvgIpc) is 1.61. The second kappa shape index (κ2) is 41.2.